The fourth-order valence-corrected chi connectivity index (χ4v) is 7.93. The third-order valence-corrected chi connectivity index (χ3v) is 10.1. The number of para-hydroxylation sites is 2. The van der Waals surface area contributed by atoms with Crippen molar-refractivity contribution in [2.24, 2.45) is 0 Å². The van der Waals surface area contributed by atoms with Crippen molar-refractivity contribution in [3.8, 4) is 67.9 Å². The monoisotopic (exact) mass is 654 g/mol. The average molecular weight is 655 g/mol. The van der Waals surface area contributed by atoms with Gasteiger partial charge in [0.1, 0.15) is 11.5 Å². The molecule has 0 amide bonds. The lowest BCUT2D eigenvalue weighted by molar-refractivity contribution is 0.436. The standard InChI is InChI=1S/C46H30N4O/c47-33-25-22-29(23-26-33)34-16-11-19-39-42(34)35-28-32(45-49-43(30-12-3-1-4-13-30)48-44(50-45)31-14-5-2-6-15-31)24-27-36(35)46(39)37-17-7-9-20-40(37)51-41-21-10-8-18-38(41)46/h1-28H,47H2. The molecular formula is C46H30N4O. The van der Waals surface area contributed by atoms with E-state index in [-0.39, 0.29) is 0 Å². The van der Waals surface area contributed by atoms with E-state index >= 15 is 0 Å². The van der Waals surface area contributed by atoms with Gasteiger partial charge < -0.3 is 10.5 Å². The van der Waals surface area contributed by atoms with Gasteiger partial charge in [-0.15, -0.1) is 0 Å². The molecule has 2 aliphatic rings. The summed E-state index contributed by atoms with van der Waals surface area (Å²) in [6, 6.07) is 58.6. The minimum absolute atomic E-state index is 0.609. The van der Waals surface area contributed by atoms with Crippen molar-refractivity contribution in [1.82, 2.24) is 15.0 Å². The SMILES string of the molecule is Nc1ccc(-c2cccc3c2-c2cc(-c4nc(-c5ccccc5)nc(-c5ccccc5)n4)ccc2C32c3ccccc3Oc3ccccc32)cc1. The maximum absolute atomic E-state index is 6.58. The number of aromatic nitrogens is 3. The molecule has 1 aliphatic carbocycles. The average Bonchev–Trinajstić information content (AvgIpc) is 3.49. The Morgan fingerprint density at radius 2 is 0.902 bits per heavy atom. The van der Waals surface area contributed by atoms with Crippen molar-refractivity contribution in [2.75, 3.05) is 5.73 Å². The fourth-order valence-electron chi connectivity index (χ4n) is 7.93. The van der Waals surface area contributed by atoms with Crippen LogP contribution in [0.5, 0.6) is 11.5 Å². The number of ether oxygens (including phenoxy) is 1. The van der Waals surface area contributed by atoms with Gasteiger partial charge >= 0.3 is 0 Å². The first-order valence-electron chi connectivity index (χ1n) is 17.1. The van der Waals surface area contributed by atoms with Gasteiger partial charge in [0.2, 0.25) is 0 Å². The Labute approximate surface area is 295 Å². The lowest BCUT2D eigenvalue weighted by atomic mass is 9.66. The van der Waals surface area contributed by atoms with Crippen molar-refractivity contribution in [3.63, 3.8) is 0 Å². The van der Waals surface area contributed by atoms with Crippen LogP contribution < -0.4 is 10.5 Å². The van der Waals surface area contributed by atoms with Gasteiger partial charge in [-0.25, -0.2) is 15.0 Å². The molecule has 0 saturated heterocycles. The number of fused-ring (bicyclic) bond motifs is 9. The number of hydrogen-bond acceptors (Lipinski definition) is 5. The summed E-state index contributed by atoms with van der Waals surface area (Å²) in [7, 11) is 0. The molecule has 240 valence electrons. The molecule has 1 spiro atoms. The number of anilines is 1. The molecular weight excluding hydrogens is 625 g/mol. The molecule has 10 rings (SSSR count). The highest BCUT2D eigenvalue weighted by atomic mass is 16.5. The highest BCUT2D eigenvalue weighted by Gasteiger charge is 2.51. The minimum atomic E-state index is -0.609. The summed E-state index contributed by atoms with van der Waals surface area (Å²) in [5, 5.41) is 0. The lowest BCUT2D eigenvalue weighted by Crippen LogP contribution is -2.32. The van der Waals surface area contributed by atoms with Crippen LogP contribution in [-0.2, 0) is 5.41 Å². The van der Waals surface area contributed by atoms with E-state index in [1.165, 1.54) is 16.7 Å². The zero-order valence-corrected chi connectivity index (χ0v) is 27.5. The normalized spacial score (nSPS) is 13.1. The maximum atomic E-state index is 6.58. The Morgan fingerprint density at radius 1 is 0.392 bits per heavy atom. The smallest absolute Gasteiger partial charge is 0.164 e. The number of rotatable bonds is 4. The van der Waals surface area contributed by atoms with Crippen molar-refractivity contribution < 1.29 is 4.74 Å². The first-order valence-corrected chi connectivity index (χ1v) is 17.1. The quantitative estimate of drug-likeness (QED) is 0.191. The van der Waals surface area contributed by atoms with Crippen LogP contribution in [0.15, 0.2) is 170 Å². The van der Waals surface area contributed by atoms with Gasteiger partial charge in [0.15, 0.2) is 17.5 Å². The Morgan fingerprint density at radius 3 is 1.51 bits per heavy atom. The molecule has 5 nitrogen and oxygen atoms in total. The molecule has 7 aromatic carbocycles. The van der Waals surface area contributed by atoms with Gasteiger partial charge in [0.05, 0.1) is 5.41 Å². The molecule has 0 atom stereocenters. The van der Waals surface area contributed by atoms with Crippen molar-refractivity contribution in [1.29, 1.82) is 0 Å². The number of nitrogen functional groups attached to an aromatic ring is 1. The molecule has 51 heavy (non-hydrogen) atoms. The molecule has 0 bridgehead atoms. The third kappa shape index (κ3) is 4.45. The van der Waals surface area contributed by atoms with Gasteiger partial charge in [-0.3, -0.25) is 0 Å². The number of benzene rings is 7. The summed E-state index contributed by atoms with van der Waals surface area (Å²) in [4.78, 5) is 15.1. The Kier molecular flexibility index (Phi) is 6.48. The van der Waals surface area contributed by atoms with E-state index in [1.54, 1.807) is 0 Å². The second-order valence-electron chi connectivity index (χ2n) is 13.0. The molecule has 2 heterocycles. The molecule has 0 unspecified atom stereocenters. The molecule has 1 aromatic heterocycles. The number of nitrogens with two attached hydrogens (primary N) is 1. The topological polar surface area (TPSA) is 73.9 Å². The second kappa shape index (κ2) is 11.4. The second-order valence-corrected chi connectivity index (χ2v) is 13.0. The van der Waals surface area contributed by atoms with Crippen LogP contribution in [-0.4, -0.2) is 15.0 Å². The summed E-state index contributed by atoms with van der Waals surface area (Å²) in [5.41, 5.74) is 18.2. The highest BCUT2D eigenvalue weighted by molar-refractivity contribution is 5.97. The summed E-state index contributed by atoms with van der Waals surface area (Å²) in [6.07, 6.45) is 0. The van der Waals surface area contributed by atoms with Gasteiger partial charge in [0, 0.05) is 33.5 Å². The van der Waals surface area contributed by atoms with E-state index in [2.05, 4.69) is 84.9 Å². The zero-order chi connectivity index (χ0) is 33.9. The lowest BCUT2D eigenvalue weighted by Gasteiger charge is -2.39. The third-order valence-electron chi connectivity index (χ3n) is 10.1. The highest BCUT2D eigenvalue weighted by Crippen LogP contribution is 2.63. The van der Waals surface area contributed by atoms with E-state index < -0.39 is 5.41 Å². The Balaban J connectivity index is 1.28. The van der Waals surface area contributed by atoms with Crippen molar-refractivity contribution in [3.05, 3.63) is 192 Å². The van der Waals surface area contributed by atoms with E-state index in [0.717, 1.165) is 61.7 Å². The predicted octanol–water partition coefficient (Wildman–Crippen LogP) is 10.6. The van der Waals surface area contributed by atoms with E-state index in [0.29, 0.717) is 17.5 Å². The van der Waals surface area contributed by atoms with Crippen LogP contribution in [0.25, 0.3) is 56.4 Å². The van der Waals surface area contributed by atoms with Crippen LogP contribution in [0.3, 0.4) is 0 Å². The van der Waals surface area contributed by atoms with Crippen LogP contribution in [0, 0.1) is 0 Å². The summed E-state index contributed by atoms with van der Waals surface area (Å²) in [6.45, 7) is 0. The molecule has 0 radical (unpaired) electrons. The Bertz CT molecular complexity index is 2510. The van der Waals surface area contributed by atoms with Crippen molar-refractivity contribution >= 4 is 5.69 Å². The van der Waals surface area contributed by atoms with E-state index in [1.807, 2.05) is 84.9 Å². The molecule has 1 aliphatic heterocycles. The predicted molar refractivity (Wildman–Crippen MR) is 203 cm³/mol. The fraction of sp³-hybridized carbons (Fsp3) is 0.0217. The van der Waals surface area contributed by atoms with Gasteiger partial charge in [-0.2, -0.15) is 0 Å². The minimum Gasteiger partial charge on any atom is -0.457 e. The van der Waals surface area contributed by atoms with Crippen LogP contribution in [0.2, 0.25) is 0 Å². The molecule has 0 fully saturated rings. The van der Waals surface area contributed by atoms with Crippen LogP contribution in [0.1, 0.15) is 22.3 Å². The van der Waals surface area contributed by atoms with Gasteiger partial charge in [-0.05, 0) is 63.7 Å². The molecule has 2 N–H and O–H groups in total. The first kappa shape index (κ1) is 29.1. The Hall–Kier alpha value is -6.85. The van der Waals surface area contributed by atoms with Crippen LogP contribution >= 0.6 is 0 Å². The first-order chi connectivity index (χ1) is 25.2. The summed E-state index contributed by atoms with van der Waals surface area (Å²) >= 11 is 0. The van der Waals surface area contributed by atoms with Crippen LogP contribution in [0.4, 0.5) is 5.69 Å². The van der Waals surface area contributed by atoms with Gasteiger partial charge in [-0.1, -0.05) is 140 Å². The largest absolute Gasteiger partial charge is 0.457 e. The van der Waals surface area contributed by atoms with E-state index in [4.69, 9.17) is 25.4 Å². The van der Waals surface area contributed by atoms with Gasteiger partial charge in [0.25, 0.3) is 0 Å². The summed E-state index contributed by atoms with van der Waals surface area (Å²) < 4.78 is 6.58. The molecule has 8 aromatic rings. The maximum Gasteiger partial charge on any atom is 0.164 e. The molecule has 0 saturated carbocycles. The van der Waals surface area contributed by atoms with Crippen molar-refractivity contribution in [2.45, 2.75) is 5.41 Å². The summed E-state index contributed by atoms with van der Waals surface area (Å²) in [5.74, 6) is 3.59. The molecule has 5 heteroatoms. The number of hydrogen-bond donors (Lipinski definition) is 1. The number of nitrogens with zero attached hydrogens (tertiary/aromatic N) is 3. The zero-order valence-electron chi connectivity index (χ0n) is 27.5. The van der Waals surface area contributed by atoms with E-state index in [9.17, 15) is 0 Å².